The third-order valence-electron chi connectivity index (χ3n) is 3.12. The lowest BCUT2D eigenvalue weighted by molar-refractivity contribution is 0.583. The Balaban J connectivity index is 2.81. The number of nitrogens with two attached hydrogens (primary N) is 3. The van der Waals surface area contributed by atoms with Crippen LogP contribution in [0, 0.1) is 6.92 Å². The van der Waals surface area contributed by atoms with E-state index in [1.807, 2.05) is 0 Å². The van der Waals surface area contributed by atoms with E-state index < -0.39 is 29.7 Å². The van der Waals surface area contributed by atoms with E-state index in [-0.39, 0.29) is 10.6 Å². The molecule has 7 nitrogen and oxygen atoms in total. The van der Waals surface area contributed by atoms with Crippen molar-refractivity contribution >= 4 is 31.2 Å². The number of hydrogen-bond donors (Lipinski definition) is 3. The third-order valence-corrected chi connectivity index (χ3v) is 6.01. The number of primary sulfonamides is 1. The minimum atomic E-state index is -4.26. The van der Waals surface area contributed by atoms with E-state index in [1.54, 1.807) is 6.92 Å². The van der Waals surface area contributed by atoms with Crippen molar-refractivity contribution < 1.29 is 16.8 Å². The van der Waals surface area contributed by atoms with E-state index >= 15 is 0 Å². The van der Waals surface area contributed by atoms with Gasteiger partial charge >= 0.3 is 0 Å². The molecule has 0 fully saturated rings. The molecule has 6 N–H and O–H groups in total. The number of rotatable bonds is 3. The summed E-state index contributed by atoms with van der Waals surface area (Å²) in [7, 11) is -8.33. The summed E-state index contributed by atoms with van der Waals surface area (Å²) >= 11 is 0. The lowest BCUT2D eigenvalue weighted by atomic mass is 10.2. The van der Waals surface area contributed by atoms with Crippen LogP contribution in [-0.2, 0) is 19.9 Å². The Morgan fingerprint density at radius 2 is 1.41 bits per heavy atom. The van der Waals surface area contributed by atoms with Gasteiger partial charge in [-0.25, -0.2) is 22.0 Å². The zero-order chi connectivity index (χ0) is 16.7. The van der Waals surface area contributed by atoms with Gasteiger partial charge in [0.05, 0.1) is 9.79 Å². The van der Waals surface area contributed by atoms with E-state index in [9.17, 15) is 16.8 Å². The number of aryl methyl sites for hydroxylation is 1. The van der Waals surface area contributed by atoms with Crippen molar-refractivity contribution in [3.05, 3.63) is 42.0 Å². The van der Waals surface area contributed by atoms with Gasteiger partial charge in [0.25, 0.3) is 0 Å². The van der Waals surface area contributed by atoms with Crippen LogP contribution >= 0.6 is 0 Å². The molecule has 0 aromatic heterocycles. The molecule has 2 rings (SSSR count). The van der Waals surface area contributed by atoms with Crippen LogP contribution in [0.25, 0.3) is 0 Å². The van der Waals surface area contributed by atoms with Gasteiger partial charge in [0.1, 0.15) is 4.90 Å². The number of sulfonamides is 1. The zero-order valence-electron chi connectivity index (χ0n) is 11.6. The quantitative estimate of drug-likeness (QED) is 0.698. The second-order valence-corrected chi connectivity index (χ2v) is 8.22. The third kappa shape index (κ3) is 2.91. The Bertz CT molecular complexity index is 934. The molecule has 22 heavy (non-hydrogen) atoms. The molecule has 2 aromatic rings. The minimum absolute atomic E-state index is 0.0872. The van der Waals surface area contributed by atoms with Gasteiger partial charge in [-0.15, -0.1) is 0 Å². The van der Waals surface area contributed by atoms with Crippen LogP contribution in [0.4, 0.5) is 11.4 Å². The maximum atomic E-state index is 12.7. The van der Waals surface area contributed by atoms with Gasteiger partial charge in [-0.2, -0.15) is 0 Å². The Labute approximate surface area is 128 Å². The number of benzene rings is 2. The standard InChI is InChI=1S/C13H15N3O4S2/c1-8-6-12(13(7-11(8)15)22(16,19)20)21(17,18)10-4-2-9(14)3-5-10/h2-7H,14-15H2,1H3,(H2,16,19,20). The largest absolute Gasteiger partial charge is 0.399 e. The molecule has 0 unspecified atom stereocenters. The van der Waals surface area contributed by atoms with E-state index in [0.29, 0.717) is 11.3 Å². The average Bonchev–Trinajstić information content (AvgIpc) is 2.40. The summed E-state index contributed by atoms with van der Waals surface area (Å²) in [6.07, 6.45) is 0. The summed E-state index contributed by atoms with van der Waals surface area (Å²) < 4.78 is 48.7. The molecule has 0 saturated heterocycles. The number of hydrogen-bond acceptors (Lipinski definition) is 6. The summed E-state index contributed by atoms with van der Waals surface area (Å²) in [5.41, 5.74) is 12.1. The molecule has 0 spiro atoms. The van der Waals surface area contributed by atoms with Crippen LogP contribution in [0.2, 0.25) is 0 Å². The topological polar surface area (TPSA) is 146 Å². The minimum Gasteiger partial charge on any atom is -0.399 e. The van der Waals surface area contributed by atoms with Crippen molar-refractivity contribution in [3.63, 3.8) is 0 Å². The Morgan fingerprint density at radius 1 is 0.864 bits per heavy atom. The molecule has 118 valence electrons. The van der Waals surface area contributed by atoms with Crippen molar-refractivity contribution in [3.8, 4) is 0 Å². The molecule has 0 amide bonds. The fourth-order valence-electron chi connectivity index (χ4n) is 1.88. The van der Waals surface area contributed by atoms with E-state index in [2.05, 4.69) is 0 Å². The molecule has 0 saturated carbocycles. The average molecular weight is 341 g/mol. The fraction of sp³-hybridized carbons (Fsp3) is 0.0769. The van der Waals surface area contributed by atoms with Gasteiger partial charge in [0.15, 0.2) is 0 Å². The van der Waals surface area contributed by atoms with Crippen LogP contribution in [0.1, 0.15) is 5.56 Å². The summed E-state index contributed by atoms with van der Waals surface area (Å²) in [5, 5.41) is 5.11. The lowest BCUT2D eigenvalue weighted by Gasteiger charge is -2.12. The molecule has 2 aromatic carbocycles. The second-order valence-electron chi connectivity index (χ2n) is 4.77. The SMILES string of the molecule is Cc1cc(S(=O)(=O)c2ccc(N)cc2)c(S(N)(=O)=O)cc1N. The van der Waals surface area contributed by atoms with Crippen LogP contribution < -0.4 is 16.6 Å². The van der Waals surface area contributed by atoms with Crippen molar-refractivity contribution in [2.75, 3.05) is 11.5 Å². The highest BCUT2D eigenvalue weighted by molar-refractivity contribution is 7.93. The van der Waals surface area contributed by atoms with E-state index in [1.165, 1.54) is 30.3 Å². The second kappa shape index (κ2) is 5.27. The van der Waals surface area contributed by atoms with Crippen LogP contribution in [0.3, 0.4) is 0 Å². The number of nitrogen functional groups attached to an aromatic ring is 2. The first-order valence-corrected chi connectivity index (χ1v) is 9.10. The maximum absolute atomic E-state index is 12.7. The maximum Gasteiger partial charge on any atom is 0.239 e. The summed E-state index contributed by atoms with van der Waals surface area (Å²) in [6, 6.07) is 7.66. The van der Waals surface area contributed by atoms with Crippen LogP contribution in [0.15, 0.2) is 51.1 Å². The highest BCUT2D eigenvalue weighted by Gasteiger charge is 2.27. The highest BCUT2D eigenvalue weighted by Crippen LogP contribution is 2.30. The Hall–Kier alpha value is -2.10. The molecule has 0 heterocycles. The molecule has 0 atom stereocenters. The monoisotopic (exact) mass is 341 g/mol. The Kier molecular flexibility index (Phi) is 3.90. The molecule has 0 bridgehead atoms. The van der Waals surface area contributed by atoms with Crippen LogP contribution in [0.5, 0.6) is 0 Å². The van der Waals surface area contributed by atoms with Crippen molar-refractivity contribution in [1.29, 1.82) is 0 Å². The van der Waals surface area contributed by atoms with E-state index in [4.69, 9.17) is 16.6 Å². The van der Waals surface area contributed by atoms with Crippen molar-refractivity contribution in [1.82, 2.24) is 0 Å². The highest BCUT2D eigenvalue weighted by atomic mass is 32.2. The van der Waals surface area contributed by atoms with Crippen LogP contribution in [-0.4, -0.2) is 16.8 Å². The summed E-state index contributed by atoms with van der Waals surface area (Å²) in [6.45, 7) is 1.57. The number of sulfone groups is 1. The first-order valence-electron chi connectivity index (χ1n) is 6.07. The summed E-state index contributed by atoms with van der Waals surface area (Å²) in [4.78, 5) is -1.03. The molecule has 0 radical (unpaired) electrons. The van der Waals surface area contributed by atoms with Crippen molar-refractivity contribution in [2.24, 2.45) is 5.14 Å². The molecule has 0 aliphatic rings. The molecular weight excluding hydrogens is 326 g/mol. The molecular formula is C13H15N3O4S2. The smallest absolute Gasteiger partial charge is 0.239 e. The zero-order valence-corrected chi connectivity index (χ0v) is 13.3. The molecule has 9 heteroatoms. The van der Waals surface area contributed by atoms with Gasteiger partial charge in [-0.3, -0.25) is 0 Å². The Morgan fingerprint density at radius 3 is 1.91 bits per heavy atom. The first kappa shape index (κ1) is 16.3. The first-order chi connectivity index (χ1) is 10.0. The van der Waals surface area contributed by atoms with Gasteiger partial charge in [-0.1, -0.05) is 0 Å². The van der Waals surface area contributed by atoms with Gasteiger partial charge < -0.3 is 11.5 Å². The van der Waals surface area contributed by atoms with Gasteiger partial charge in [0.2, 0.25) is 19.9 Å². The summed E-state index contributed by atoms with van der Waals surface area (Å²) in [5.74, 6) is 0. The van der Waals surface area contributed by atoms with Crippen molar-refractivity contribution in [2.45, 2.75) is 21.6 Å². The normalized spacial score (nSPS) is 12.3. The fourth-order valence-corrected chi connectivity index (χ4v) is 4.60. The van der Waals surface area contributed by atoms with Gasteiger partial charge in [0, 0.05) is 11.4 Å². The van der Waals surface area contributed by atoms with E-state index in [0.717, 1.165) is 6.07 Å². The van der Waals surface area contributed by atoms with Gasteiger partial charge in [-0.05, 0) is 48.9 Å². The molecule has 0 aliphatic heterocycles. The lowest BCUT2D eigenvalue weighted by Crippen LogP contribution is -2.18. The predicted molar refractivity (Wildman–Crippen MR) is 83.3 cm³/mol. The molecule has 0 aliphatic carbocycles. The predicted octanol–water partition coefficient (Wildman–Crippen LogP) is 0.640. The number of anilines is 2.